The van der Waals surface area contributed by atoms with E-state index in [1.54, 1.807) is 7.11 Å². The Bertz CT molecular complexity index is 440. The van der Waals surface area contributed by atoms with Crippen molar-refractivity contribution < 1.29 is 19.0 Å². The summed E-state index contributed by atoms with van der Waals surface area (Å²) in [5, 5.41) is 0. The van der Waals surface area contributed by atoms with Crippen LogP contribution >= 0.6 is 0 Å². The first-order chi connectivity index (χ1) is 9.69. The second-order valence-electron chi connectivity index (χ2n) is 4.95. The Morgan fingerprint density at radius 2 is 1.80 bits per heavy atom. The van der Waals surface area contributed by atoms with Crippen LogP contribution in [0.25, 0.3) is 0 Å². The standard InChI is InChI=1S/C15H21NO4/c1-18-8-9-19-10-11-20-14(17)15(6-7-15)12-2-4-13(16)5-3-12/h2-5H,6-11,16H2,1H3. The average molecular weight is 279 g/mol. The summed E-state index contributed by atoms with van der Waals surface area (Å²) in [6, 6.07) is 7.43. The van der Waals surface area contributed by atoms with Crippen molar-refractivity contribution in [2.24, 2.45) is 0 Å². The summed E-state index contributed by atoms with van der Waals surface area (Å²) >= 11 is 0. The van der Waals surface area contributed by atoms with Gasteiger partial charge in [-0.1, -0.05) is 12.1 Å². The SMILES string of the molecule is COCCOCCOC(=O)C1(c2ccc(N)cc2)CC1. The monoisotopic (exact) mass is 279 g/mol. The van der Waals surface area contributed by atoms with E-state index in [4.69, 9.17) is 19.9 Å². The third-order valence-electron chi connectivity index (χ3n) is 3.50. The Hall–Kier alpha value is -1.59. The average Bonchev–Trinajstić information content (AvgIpc) is 3.25. The summed E-state index contributed by atoms with van der Waals surface area (Å²) in [7, 11) is 1.62. The number of anilines is 1. The summed E-state index contributed by atoms with van der Waals surface area (Å²) in [5.41, 5.74) is 6.89. The van der Waals surface area contributed by atoms with Gasteiger partial charge in [0.25, 0.3) is 0 Å². The normalized spacial score (nSPS) is 15.8. The van der Waals surface area contributed by atoms with Crippen molar-refractivity contribution in [3.63, 3.8) is 0 Å². The Morgan fingerprint density at radius 3 is 2.40 bits per heavy atom. The minimum Gasteiger partial charge on any atom is -0.463 e. The van der Waals surface area contributed by atoms with Crippen molar-refractivity contribution >= 4 is 11.7 Å². The summed E-state index contributed by atoms with van der Waals surface area (Å²) in [4.78, 5) is 12.2. The Balaban J connectivity index is 1.78. The molecule has 1 aliphatic carbocycles. The highest BCUT2D eigenvalue weighted by Crippen LogP contribution is 2.49. The van der Waals surface area contributed by atoms with Crippen LogP contribution in [0, 0.1) is 0 Å². The number of benzene rings is 1. The zero-order valence-corrected chi connectivity index (χ0v) is 11.8. The zero-order valence-electron chi connectivity index (χ0n) is 11.8. The van der Waals surface area contributed by atoms with Crippen LogP contribution in [-0.2, 0) is 24.4 Å². The molecule has 1 aromatic rings. The molecule has 0 radical (unpaired) electrons. The van der Waals surface area contributed by atoms with Crippen LogP contribution in [0.3, 0.4) is 0 Å². The lowest BCUT2D eigenvalue weighted by molar-refractivity contribution is -0.148. The fraction of sp³-hybridized carbons (Fsp3) is 0.533. The van der Waals surface area contributed by atoms with Crippen molar-refractivity contribution in [1.82, 2.24) is 0 Å². The Labute approximate surface area is 119 Å². The largest absolute Gasteiger partial charge is 0.463 e. The number of hydrogen-bond donors (Lipinski definition) is 1. The van der Waals surface area contributed by atoms with Gasteiger partial charge in [-0.3, -0.25) is 4.79 Å². The number of carbonyl (C=O) groups is 1. The van der Waals surface area contributed by atoms with Crippen LogP contribution in [0.5, 0.6) is 0 Å². The molecule has 1 aliphatic rings. The lowest BCUT2D eigenvalue weighted by Gasteiger charge is -2.15. The number of methoxy groups -OCH3 is 1. The number of nitrogen functional groups attached to an aromatic ring is 1. The molecule has 0 aliphatic heterocycles. The van der Waals surface area contributed by atoms with Gasteiger partial charge in [-0.05, 0) is 30.5 Å². The molecule has 0 unspecified atom stereocenters. The predicted octanol–water partition coefficient (Wildman–Crippen LogP) is 1.51. The van der Waals surface area contributed by atoms with Gasteiger partial charge in [0.05, 0.1) is 25.2 Å². The van der Waals surface area contributed by atoms with Gasteiger partial charge in [0.1, 0.15) is 6.61 Å². The zero-order chi connectivity index (χ0) is 14.4. The van der Waals surface area contributed by atoms with Crippen LogP contribution in [-0.4, -0.2) is 39.5 Å². The molecule has 0 bridgehead atoms. The second-order valence-corrected chi connectivity index (χ2v) is 4.95. The molecule has 0 heterocycles. The number of rotatable bonds is 8. The lowest BCUT2D eigenvalue weighted by Crippen LogP contribution is -2.25. The molecule has 20 heavy (non-hydrogen) atoms. The first kappa shape index (κ1) is 14.8. The number of hydrogen-bond acceptors (Lipinski definition) is 5. The molecule has 110 valence electrons. The number of ether oxygens (including phenoxy) is 3. The highest BCUT2D eigenvalue weighted by Gasteiger charge is 2.52. The van der Waals surface area contributed by atoms with Crippen molar-refractivity contribution in [2.75, 3.05) is 39.3 Å². The van der Waals surface area contributed by atoms with Crippen LogP contribution in [0.4, 0.5) is 5.69 Å². The number of nitrogens with two attached hydrogens (primary N) is 1. The van der Waals surface area contributed by atoms with E-state index >= 15 is 0 Å². The van der Waals surface area contributed by atoms with E-state index in [0.717, 1.165) is 18.4 Å². The minimum atomic E-state index is -0.458. The highest BCUT2D eigenvalue weighted by molar-refractivity contribution is 5.86. The molecule has 1 fully saturated rings. The molecule has 2 rings (SSSR count). The van der Waals surface area contributed by atoms with Crippen molar-refractivity contribution in [1.29, 1.82) is 0 Å². The molecule has 0 atom stereocenters. The van der Waals surface area contributed by atoms with Gasteiger partial charge in [0.2, 0.25) is 0 Å². The summed E-state index contributed by atoms with van der Waals surface area (Å²) in [5.74, 6) is -0.169. The maximum absolute atomic E-state index is 12.2. The summed E-state index contributed by atoms with van der Waals surface area (Å²) in [6.07, 6.45) is 1.67. The molecule has 1 saturated carbocycles. The first-order valence-electron chi connectivity index (χ1n) is 6.79. The van der Waals surface area contributed by atoms with E-state index in [9.17, 15) is 4.79 Å². The molecule has 5 heteroatoms. The molecule has 0 spiro atoms. The molecule has 0 aromatic heterocycles. The fourth-order valence-corrected chi connectivity index (χ4v) is 2.11. The molecule has 2 N–H and O–H groups in total. The Kier molecular flexibility index (Phi) is 4.98. The van der Waals surface area contributed by atoms with Crippen LogP contribution in [0.15, 0.2) is 24.3 Å². The van der Waals surface area contributed by atoms with Gasteiger partial charge in [0, 0.05) is 12.8 Å². The van der Waals surface area contributed by atoms with E-state index in [-0.39, 0.29) is 12.6 Å². The van der Waals surface area contributed by atoms with Gasteiger partial charge >= 0.3 is 5.97 Å². The minimum absolute atomic E-state index is 0.169. The highest BCUT2D eigenvalue weighted by atomic mass is 16.6. The van der Waals surface area contributed by atoms with E-state index in [0.29, 0.717) is 25.5 Å². The van der Waals surface area contributed by atoms with Gasteiger partial charge < -0.3 is 19.9 Å². The van der Waals surface area contributed by atoms with Crippen LogP contribution < -0.4 is 5.73 Å². The molecular formula is C15H21NO4. The van der Waals surface area contributed by atoms with E-state index in [2.05, 4.69) is 0 Å². The number of esters is 1. The molecular weight excluding hydrogens is 258 g/mol. The molecule has 1 aromatic carbocycles. The second kappa shape index (κ2) is 6.72. The third kappa shape index (κ3) is 3.49. The third-order valence-corrected chi connectivity index (χ3v) is 3.50. The maximum Gasteiger partial charge on any atom is 0.316 e. The van der Waals surface area contributed by atoms with Crippen molar-refractivity contribution in [3.05, 3.63) is 29.8 Å². The quantitative estimate of drug-likeness (QED) is 0.443. The maximum atomic E-state index is 12.2. The Morgan fingerprint density at radius 1 is 1.15 bits per heavy atom. The van der Waals surface area contributed by atoms with Crippen molar-refractivity contribution in [3.8, 4) is 0 Å². The van der Waals surface area contributed by atoms with E-state index in [1.165, 1.54) is 0 Å². The van der Waals surface area contributed by atoms with Gasteiger partial charge in [-0.25, -0.2) is 0 Å². The fourth-order valence-electron chi connectivity index (χ4n) is 2.11. The van der Waals surface area contributed by atoms with Crippen LogP contribution in [0.1, 0.15) is 18.4 Å². The first-order valence-corrected chi connectivity index (χ1v) is 6.79. The molecule has 0 amide bonds. The van der Waals surface area contributed by atoms with Gasteiger partial charge in [0.15, 0.2) is 0 Å². The predicted molar refractivity (Wildman–Crippen MR) is 75.4 cm³/mol. The van der Waals surface area contributed by atoms with Crippen LogP contribution in [0.2, 0.25) is 0 Å². The molecule has 5 nitrogen and oxygen atoms in total. The van der Waals surface area contributed by atoms with E-state index in [1.807, 2.05) is 24.3 Å². The topological polar surface area (TPSA) is 70.8 Å². The number of carbonyl (C=O) groups excluding carboxylic acids is 1. The summed E-state index contributed by atoms with van der Waals surface area (Å²) < 4.78 is 15.4. The lowest BCUT2D eigenvalue weighted by atomic mass is 9.96. The van der Waals surface area contributed by atoms with Gasteiger partial charge in [-0.2, -0.15) is 0 Å². The van der Waals surface area contributed by atoms with E-state index < -0.39 is 5.41 Å². The van der Waals surface area contributed by atoms with Gasteiger partial charge in [-0.15, -0.1) is 0 Å². The molecule has 0 saturated heterocycles. The smallest absolute Gasteiger partial charge is 0.316 e. The summed E-state index contributed by atoms with van der Waals surface area (Å²) in [6.45, 7) is 1.73. The van der Waals surface area contributed by atoms with Crippen molar-refractivity contribution in [2.45, 2.75) is 18.3 Å².